The molecule has 1 amide bonds. The fourth-order valence-corrected chi connectivity index (χ4v) is 3.95. The Morgan fingerprint density at radius 2 is 2.06 bits per heavy atom. The number of hydrogen-bond donors (Lipinski definition) is 2. The number of piperidine rings is 1. The Morgan fingerprint density at radius 1 is 1.23 bits per heavy atom. The van der Waals surface area contributed by atoms with Gasteiger partial charge in [0.2, 0.25) is 5.91 Å². The summed E-state index contributed by atoms with van der Waals surface area (Å²) in [4.78, 5) is 19.0. The van der Waals surface area contributed by atoms with E-state index in [0.717, 1.165) is 24.3 Å². The van der Waals surface area contributed by atoms with Crippen LogP contribution in [0.5, 0.6) is 17.2 Å². The summed E-state index contributed by atoms with van der Waals surface area (Å²) in [6.45, 7) is 2.86. The van der Waals surface area contributed by atoms with Crippen molar-refractivity contribution >= 4 is 5.91 Å². The average molecular weight is 430 g/mol. The molecule has 0 radical (unpaired) electrons. The molecule has 1 aliphatic rings. The molecule has 2 heterocycles. The number of nitrogens with zero attached hydrogens (tertiary/aromatic N) is 2. The maximum Gasteiger partial charge on any atom is 0.224 e. The van der Waals surface area contributed by atoms with E-state index in [1.807, 2.05) is 30.3 Å². The Morgan fingerprint density at radius 3 is 2.77 bits per heavy atom. The van der Waals surface area contributed by atoms with Gasteiger partial charge in [0.15, 0.2) is 11.5 Å². The van der Waals surface area contributed by atoms with Gasteiger partial charge in [-0.05, 0) is 36.2 Å². The van der Waals surface area contributed by atoms with Gasteiger partial charge in [-0.2, -0.15) is 0 Å². The highest BCUT2D eigenvalue weighted by atomic mass is 16.5. The smallest absolute Gasteiger partial charge is 0.224 e. The lowest BCUT2D eigenvalue weighted by Gasteiger charge is -2.37. The van der Waals surface area contributed by atoms with Crippen molar-refractivity contribution < 1.29 is 24.1 Å². The van der Waals surface area contributed by atoms with Crippen LogP contribution in [0.1, 0.15) is 12.0 Å². The van der Waals surface area contributed by atoms with Crippen molar-refractivity contribution in [2.75, 3.05) is 47.1 Å². The highest BCUT2D eigenvalue weighted by molar-refractivity contribution is 5.79. The molecule has 0 unspecified atom stereocenters. The number of benzene rings is 1. The zero-order valence-corrected chi connectivity index (χ0v) is 18.1. The van der Waals surface area contributed by atoms with Gasteiger partial charge < -0.3 is 24.6 Å². The second-order valence-corrected chi connectivity index (χ2v) is 7.70. The average Bonchev–Trinajstić information content (AvgIpc) is 2.81. The molecule has 31 heavy (non-hydrogen) atoms. The summed E-state index contributed by atoms with van der Waals surface area (Å²) in [5.74, 6) is 2.10. The summed E-state index contributed by atoms with van der Waals surface area (Å²) in [7, 11) is 3.24. The van der Waals surface area contributed by atoms with E-state index in [1.165, 1.54) is 0 Å². The molecule has 3 rings (SSSR count). The lowest BCUT2D eigenvalue weighted by atomic mass is 9.88. The van der Waals surface area contributed by atoms with E-state index in [9.17, 15) is 4.79 Å². The van der Waals surface area contributed by atoms with Crippen molar-refractivity contribution in [3.05, 3.63) is 48.3 Å². The summed E-state index contributed by atoms with van der Waals surface area (Å²) in [6, 6.07) is 9.59. The van der Waals surface area contributed by atoms with Gasteiger partial charge in [-0.15, -0.1) is 0 Å². The van der Waals surface area contributed by atoms with Crippen LogP contribution in [0.4, 0.5) is 0 Å². The molecule has 1 aliphatic heterocycles. The van der Waals surface area contributed by atoms with Gasteiger partial charge in [-0.3, -0.25) is 14.7 Å². The standard InChI is InChI=1S/C23H31N3O5/c1-29-21-6-5-17(11-22(21)30-2)13-26-14-18(16-31-20-4-3-7-24-12-20)10-19(15-26)23(28)25-8-9-27/h3-7,11-12,18-19,27H,8-10,13-16H2,1-2H3,(H,25,28)/t18-,19+/m0/s1. The summed E-state index contributed by atoms with van der Waals surface area (Å²) < 4.78 is 16.7. The molecule has 8 nitrogen and oxygen atoms in total. The molecule has 1 saturated heterocycles. The summed E-state index contributed by atoms with van der Waals surface area (Å²) in [6.07, 6.45) is 4.13. The lowest BCUT2D eigenvalue weighted by molar-refractivity contribution is -0.128. The number of ether oxygens (including phenoxy) is 3. The molecule has 2 N–H and O–H groups in total. The van der Waals surface area contributed by atoms with Crippen LogP contribution in [0.25, 0.3) is 0 Å². The fraction of sp³-hybridized carbons (Fsp3) is 0.478. The normalized spacial score (nSPS) is 18.9. The van der Waals surface area contributed by atoms with Crippen molar-refractivity contribution in [1.82, 2.24) is 15.2 Å². The van der Waals surface area contributed by atoms with Gasteiger partial charge in [0, 0.05) is 38.3 Å². The number of aliphatic hydroxyl groups excluding tert-OH is 1. The van der Waals surface area contributed by atoms with E-state index in [0.29, 0.717) is 31.2 Å². The minimum absolute atomic E-state index is 0.0301. The number of pyridine rings is 1. The van der Waals surface area contributed by atoms with Crippen molar-refractivity contribution in [3.63, 3.8) is 0 Å². The summed E-state index contributed by atoms with van der Waals surface area (Å²) in [5, 5.41) is 11.9. The first-order chi connectivity index (χ1) is 15.1. The van der Waals surface area contributed by atoms with Crippen molar-refractivity contribution in [2.24, 2.45) is 11.8 Å². The zero-order chi connectivity index (χ0) is 22.1. The number of nitrogens with one attached hydrogen (secondary N) is 1. The monoisotopic (exact) mass is 429 g/mol. The molecular weight excluding hydrogens is 398 g/mol. The molecular formula is C23H31N3O5. The van der Waals surface area contributed by atoms with Crippen LogP contribution in [-0.4, -0.2) is 68.0 Å². The SMILES string of the molecule is COc1ccc(CN2C[C@@H](COc3cccnc3)C[C@@H](C(=O)NCCO)C2)cc1OC. The second kappa shape index (κ2) is 11.5. The fourth-order valence-electron chi connectivity index (χ4n) is 3.95. The minimum Gasteiger partial charge on any atom is -0.493 e. The predicted octanol–water partition coefficient (Wildman–Crippen LogP) is 1.72. The highest BCUT2D eigenvalue weighted by Gasteiger charge is 2.32. The molecule has 2 atom stereocenters. The van der Waals surface area contributed by atoms with Crippen LogP contribution >= 0.6 is 0 Å². The summed E-state index contributed by atoms with van der Waals surface area (Å²) >= 11 is 0. The molecule has 8 heteroatoms. The van der Waals surface area contributed by atoms with Crippen molar-refractivity contribution in [2.45, 2.75) is 13.0 Å². The Hall–Kier alpha value is -2.84. The number of amides is 1. The maximum absolute atomic E-state index is 12.6. The molecule has 0 spiro atoms. The first-order valence-electron chi connectivity index (χ1n) is 10.5. The van der Waals surface area contributed by atoms with Crippen molar-refractivity contribution in [3.8, 4) is 17.2 Å². The van der Waals surface area contributed by atoms with Gasteiger partial charge in [0.05, 0.1) is 39.5 Å². The third-order valence-electron chi connectivity index (χ3n) is 5.37. The van der Waals surface area contributed by atoms with Crippen LogP contribution in [0.15, 0.2) is 42.7 Å². The topological polar surface area (TPSA) is 93.2 Å². The number of rotatable bonds is 10. The van der Waals surface area contributed by atoms with E-state index in [4.69, 9.17) is 19.3 Å². The quantitative estimate of drug-likeness (QED) is 0.594. The molecule has 168 valence electrons. The van der Waals surface area contributed by atoms with E-state index < -0.39 is 0 Å². The first kappa shape index (κ1) is 22.8. The largest absolute Gasteiger partial charge is 0.493 e. The minimum atomic E-state index is -0.164. The van der Waals surface area contributed by atoms with E-state index >= 15 is 0 Å². The predicted molar refractivity (Wildman–Crippen MR) is 116 cm³/mol. The molecule has 1 fully saturated rings. The van der Waals surface area contributed by atoms with E-state index in [2.05, 4.69) is 15.2 Å². The van der Waals surface area contributed by atoms with Gasteiger partial charge in [0.1, 0.15) is 5.75 Å². The number of methoxy groups -OCH3 is 2. The Bertz CT molecular complexity index is 833. The van der Waals surface area contributed by atoms with E-state index in [1.54, 1.807) is 26.6 Å². The molecule has 2 aromatic rings. The van der Waals surface area contributed by atoms with Crippen molar-refractivity contribution in [1.29, 1.82) is 0 Å². The van der Waals surface area contributed by atoms with E-state index in [-0.39, 0.29) is 30.9 Å². The number of carbonyl (C=O) groups is 1. The number of likely N-dealkylation sites (tertiary alicyclic amines) is 1. The molecule has 1 aromatic heterocycles. The number of carbonyl (C=O) groups excluding carboxylic acids is 1. The van der Waals surface area contributed by atoms with Crippen LogP contribution < -0.4 is 19.5 Å². The molecule has 1 aromatic carbocycles. The Labute approximate surface area is 183 Å². The molecule has 0 aliphatic carbocycles. The third kappa shape index (κ3) is 6.57. The van der Waals surface area contributed by atoms with Crippen LogP contribution in [-0.2, 0) is 11.3 Å². The third-order valence-corrected chi connectivity index (χ3v) is 5.37. The number of hydrogen-bond acceptors (Lipinski definition) is 7. The van der Waals surface area contributed by atoms with Crippen LogP contribution in [0.3, 0.4) is 0 Å². The van der Waals surface area contributed by atoms with Crippen LogP contribution in [0, 0.1) is 11.8 Å². The van der Waals surface area contributed by atoms with Gasteiger partial charge in [0.25, 0.3) is 0 Å². The summed E-state index contributed by atoms with van der Waals surface area (Å²) in [5.41, 5.74) is 1.08. The maximum atomic E-state index is 12.6. The van der Waals surface area contributed by atoms with Crippen LogP contribution in [0.2, 0.25) is 0 Å². The number of aromatic nitrogens is 1. The molecule has 0 saturated carbocycles. The highest BCUT2D eigenvalue weighted by Crippen LogP contribution is 2.30. The Balaban J connectivity index is 1.69. The van der Waals surface area contributed by atoms with Gasteiger partial charge in [-0.1, -0.05) is 6.07 Å². The zero-order valence-electron chi connectivity index (χ0n) is 18.1. The lowest BCUT2D eigenvalue weighted by Crippen LogP contribution is -2.47. The second-order valence-electron chi connectivity index (χ2n) is 7.70. The molecule has 0 bridgehead atoms. The van der Waals surface area contributed by atoms with Gasteiger partial charge in [-0.25, -0.2) is 0 Å². The number of aliphatic hydroxyl groups is 1. The first-order valence-corrected chi connectivity index (χ1v) is 10.5. The van der Waals surface area contributed by atoms with Gasteiger partial charge >= 0.3 is 0 Å². The Kier molecular flexibility index (Phi) is 8.49.